The van der Waals surface area contributed by atoms with Crippen molar-refractivity contribution < 1.29 is 16.8 Å². The largest absolute Gasteiger partial charge is 3.00 e. The van der Waals surface area contributed by atoms with Gasteiger partial charge in [-0.05, 0) is 82.1 Å². The van der Waals surface area contributed by atoms with Crippen LogP contribution in [0.4, 0.5) is 0 Å². The summed E-state index contributed by atoms with van der Waals surface area (Å²) in [6, 6.07) is 0.143. The summed E-state index contributed by atoms with van der Waals surface area (Å²) in [6.45, 7) is 17.8. The van der Waals surface area contributed by atoms with Gasteiger partial charge in [0.2, 0.25) is 0 Å². The monoisotopic (exact) mass is 537 g/mol. The van der Waals surface area contributed by atoms with Gasteiger partial charge in [-0.25, -0.2) is 4.99 Å². The summed E-state index contributed by atoms with van der Waals surface area (Å²) in [4.78, 5) is 15.4. The third-order valence-corrected chi connectivity index (χ3v) is 8.44. The molecule has 0 amide bonds. The van der Waals surface area contributed by atoms with E-state index in [2.05, 4.69) is 73.6 Å². The van der Waals surface area contributed by atoms with E-state index in [4.69, 9.17) is 20.3 Å². The summed E-state index contributed by atoms with van der Waals surface area (Å²) in [5, 5.41) is 5.25. The van der Waals surface area contributed by atoms with E-state index in [1.165, 1.54) is 50.3 Å². The molecule has 4 nitrogen and oxygen atoms in total. The fraction of sp³-hybridized carbons (Fsp3) is 0.438. The predicted molar refractivity (Wildman–Crippen MR) is 154 cm³/mol. The molecule has 0 N–H and O–H groups in total. The molecule has 0 spiro atoms. The third kappa shape index (κ3) is 4.50. The van der Waals surface area contributed by atoms with Gasteiger partial charge in [0.25, 0.3) is 0 Å². The Labute approximate surface area is 232 Å². The standard InChI is InChI=1S/C32H38N4.Co/c1-9-21-17(5)25-14-30-23(11-3)19(7)27(35-30)16-32-24(12-4)20(8)28(36-32)15-31-22(10-2)18(6)26(34-31)13-29(21)33-25;/h13-15,32H,9-12,16H2,1-8H3;/q-2;+3/b26-13-,28-15-,30-14-;. The van der Waals surface area contributed by atoms with E-state index in [1.54, 1.807) is 0 Å². The van der Waals surface area contributed by atoms with E-state index >= 15 is 0 Å². The molecular weight excluding hydrogens is 499 g/mol. The molecule has 1 unspecified atom stereocenters. The van der Waals surface area contributed by atoms with Gasteiger partial charge in [0.15, 0.2) is 0 Å². The molecule has 5 heterocycles. The van der Waals surface area contributed by atoms with Crippen LogP contribution < -0.4 is 4.98 Å². The van der Waals surface area contributed by atoms with Crippen LogP contribution >= 0.6 is 0 Å². The van der Waals surface area contributed by atoms with Crippen molar-refractivity contribution in [1.29, 1.82) is 0 Å². The third-order valence-electron chi connectivity index (χ3n) is 8.44. The van der Waals surface area contributed by atoms with Crippen molar-refractivity contribution in [3.63, 3.8) is 0 Å². The summed E-state index contributed by atoms with van der Waals surface area (Å²) in [6.07, 6.45) is 11.3. The fourth-order valence-electron chi connectivity index (χ4n) is 6.24. The number of hydrogen-bond donors (Lipinski definition) is 0. The van der Waals surface area contributed by atoms with Crippen molar-refractivity contribution in [3.05, 3.63) is 84.4 Å². The Balaban J connectivity index is 0.00000320. The summed E-state index contributed by atoms with van der Waals surface area (Å²) < 4.78 is 0. The minimum Gasteiger partial charge on any atom is -0.678 e. The van der Waals surface area contributed by atoms with Crippen LogP contribution in [0.25, 0.3) is 17.5 Å². The van der Waals surface area contributed by atoms with Crippen molar-refractivity contribution in [2.24, 2.45) is 9.98 Å². The number of aliphatic imine (C=N–C) groups is 2. The molecule has 1 atom stereocenters. The predicted octanol–water partition coefficient (Wildman–Crippen LogP) is 8.33. The molecule has 194 valence electrons. The van der Waals surface area contributed by atoms with Gasteiger partial charge in [-0.2, -0.15) is 0 Å². The van der Waals surface area contributed by atoms with E-state index < -0.39 is 0 Å². The Hall–Kier alpha value is -2.63. The zero-order valence-corrected chi connectivity index (χ0v) is 24.5. The minimum absolute atomic E-state index is 0. The zero-order chi connectivity index (χ0) is 25.7. The molecule has 0 fully saturated rings. The van der Waals surface area contributed by atoms with E-state index in [0.717, 1.165) is 66.3 Å². The van der Waals surface area contributed by atoms with Crippen LogP contribution in [0, 0.1) is 6.92 Å². The molecule has 0 radical (unpaired) electrons. The van der Waals surface area contributed by atoms with Crippen molar-refractivity contribution in [1.82, 2.24) is 4.98 Å². The molecule has 1 aromatic rings. The number of aromatic nitrogens is 1. The zero-order valence-electron chi connectivity index (χ0n) is 23.5. The van der Waals surface area contributed by atoms with Gasteiger partial charge in [0, 0.05) is 5.71 Å². The Morgan fingerprint density at radius 3 is 2.11 bits per heavy atom. The van der Waals surface area contributed by atoms with Crippen LogP contribution in [0.2, 0.25) is 0 Å². The average molecular weight is 538 g/mol. The number of hydrogen-bond acceptors (Lipinski definition) is 2. The molecule has 5 rings (SSSR count). The molecule has 5 heteroatoms. The molecular formula is C32H38CoN4+. The Morgan fingerprint density at radius 2 is 1.46 bits per heavy atom. The van der Waals surface area contributed by atoms with Gasteiger partial charge in [-0.3, -0.25) is 4.99 Å². The van der Waals surface area contributed by atoms with Crippen molar-refractivity contribution in [2.75, 3.05) is 0 Å². The SMILES string of the molecule is CCC1=C(C)/C2=C/c3[n-]c(c(C)c3CC)/C=C3\N=C(CC4[N-]/C(=C\C1=N2)C(C)=C4CC)C(C)=C3CC.[Co+3]. The van der Waals surface area contributed by atoms with E-state index in [0.29, 0.717) is 0 Å². The second-order valence-electron chi connectivity index (χ2n) is 10.3. The first kappa shape index (κ1) is 27.4. The summed E-state index contributed by atoms with van der Waals surface area (Å²) >= 11 is 0. The minimum atomic E-state index is 0. The number of rotatable bonds is 4. The van der Waals surface area contributed by atoms with Crippen LogP contribution in [-0.2, 0) is 23.2 Å². The van der Waals surface area contributed by atoms with Gasteiger partial charge in [0.05, 0.1) is 17.1 Å². The normalized spacial score (nSPS) is 25.2. The van der Waals surface area contributed by atoms with Crippen molar-refractivity contribution in [2.45, 2.75) is 93.5 Å². The van der Waals surface area contributed by atoms with Crippen molar-refractivity contribution in [3.8, 4) is 0 Å². The molecule has 4 aliphatic rings. The van der Waals surface area contributed by atoms with Crippen LogP contribution in [0.15, 0.2) is 66.6 Å². The van der Waals surface area contributed by atoms with E-state index in [-0.39, 0.29) is 22.8 Å². The molecule has 37 heavy (non-hydrogen) atoms. The first-order chi connectivity index (χ1) is 17.3. The molecule has 0 saturated heterocycles. The number of allylic oxidation sites excluding steroid dienone is 6. The van der Waals surface area contributed by atoms with Gasteiger partial charge in [-0.15, -0.1) is 17.1 Å². The summed E-state index contributed by atoms with van der Waals surface area (Å²) in [5.74, 6) is 0. The number of fused-ring (bicyclic) bond motifs is 6. The van der Waals surface area contributed by atoms with Crippen LogP contribution in [0.1, 0.15) is 96.7 Å². The van der Waals surface area contributed by atoms with Gasteiger partial charge < -0.3 is 10.3 Å². The quantitative estimate of drug-likeness (QED) is 0.381. The summed E-state index contributed by atoms with van der Waals surface area (Å²) in [7, 11) is 0. The molecule has 4 aliphatic heterocycles. The fourth-order valence-corrected chi connectivity index (χ4v) is 6.24. The summed E-state index contributed by atoms with van der Waals surface area (Å²) in [5.41, 5.74) is 17.9. The van der Waals surface area contributed by atoms with Gasteiger partial charge >= 0.3 is 16.8 Å². The Morgan fingerprint density at radius 1 is 0.757 bits per heavy atom. The maximum absolute atomic E-state index is 5.25. The Bertz CT molecular complexity index is 1400. The second-order valence-corrected chi connectivity index (χ2v) is 10.3. The maximum atomic E-state index is 5.25. The first-order valence-electron chi connectivity index (χ1n) is 13.6. The molecule has 1 aromatic heterocycles. The smallest absolute Gasteiger partial charge is 0.678 e. The van der Waals surface area contributed by atoms with Crippen LogP contribution in [0.3, 0.4) is 0 Å². The van der Waals surface area contributed by atoms with Crippen LogP contribution in [0.5, 0.6) is 0 Å². The molecule has 0 aromatic carbocycles. The second kappa shape index (κ2) is 10.6. The Kier molecular flexibility index (Phi) is 7.87. The average Bonchev–Trinajstić information content (AvgIpc) is 3.51. The van der Waals surface area contributed by atoms with Crippen LogP contribution in [-0.4, -0.2) is 17.5 Å². The van der Waals surface area contributed by atoms with E-state index in [9.17, 15) is 0 Å². The van der Waals surface area contributed by atoms with Crippen molar-refractivity contribution >= 4 is 23.6 Å². The topological polar surface area (TPSA) is 52.9 Å². The van der Waals surface area contributed by atoms with Gasteiger partial charge in [-0.1, -0.05) is 74.2 Å². The van der Waals surface area contributed by atoms with E-state index in [1.807, 2.05) is 0 Å². The van der Waals surface area contributed by atoms with Gasteiger partial charge in [0.1, 0.15) is 0 Å². The molecule has 0 aliphatic carbocycles. The number of nitrogens with zero attached hydrogens (tertiary/aromatic N) is 4. The first-order valence-corrected chi connectivity index (χ1v) is 13.6. The molecule has 0 saturated carbocycles. The molecule has 8 bridgehead atoms. The maximum Gasteiger partial charge on any atom is 3.00 e.